The van der Waals surface area contributed by atoms with Crippen LogP contribution in [0.2, 0.25) is 0 Å². The Labute approximate surface area is 137 Å². The maximum absolute atomic E-state index is 10.5. The Morgan fingerprint density at radius 2 is 2.30 bits per heavy atom. The summed E-state index contributed by atoms with van der Waals surface area (Å²) in [7, 11) is 2.08. The van der Waals surface area contributed by atoms with Crippen LogP contribution < -0.4 is 16.0 Å². The lowest BCUT2D eigenvalue weighted by Crippen LogP contribution is -2.45. The van der Waals surface area contributed by atoms with Gasteiger partial charge in [0.05, 0.1) is 6.67 Å². The van der Waals surface area contributed by atoms with E-state index >= 15 is 0 Å². The molecule has 0 aliphatic carbocycles. The van der Waals surface area contributed by atoms with E-state index in [4.69, 9.17) is 39.3 Å². The fourth-order valence-corrected chi connectivity index (χ4v) is 4.16. The number of rotatable bonds is 1. The monoisotopic (exact) mass is 358 g/mol. The zero-order valence-electron chi connectivity index (χ0n) is 11.7. The van der Waals surface area contributed by atoms with Gasteiger partial charge in [0.25, 0.3) is 0 Å². The lowest BCUT2D eigenvalue weighted by molar-refractivity contribution is -0.0440. The lowest BCUT2D eigenvalue weighted by Gasteiger charge is -2.28. The van der Waals surface area contributed by atoms with Crippen molar-refractivity contribution in [3.05, 3.63) is 4.77 Å². The van der Waals surface area contributed by atoms with E-state index in [1.165, 1.54) is 0 Å². The van der Waals surface area contributed by atoms with E-state index in [-0.39, 0.29) is 11.4 Å². The van der Waals surface area contributed by atoms with E-state index < -0.39 is 32.4 Å². The SMILES string of the molecule is [B][P+]1(O)OCC2OC(N3CNc4c3nc(=S)[nH]c4N)C(O)[C@@H]2O1. The molecule has 13 heteroatoms. The lowest BCUT2D eigenvalue weighted by atomic mass is 10.1. The van der Waals surface area contributed by atoms with Crippen LogP contribution in [0, 0.1) is 4.77 Å². The Bertz CT molecular complexity index is 707. The van der Waals surface area contributed by atoms with Crippen molar-refractivity contribution in [3.8, 4) is 0 Å². The smallest absolute Gasteiger partial charge is 0.385 e. The van der Waals surface area contributed by atoms with Crippen LogP contribution in [0.5, 0.6) is 0 Å². The molecule has 3 aliphatic rings. The molecular formula is C10H14BN5O5PS+. The minimum atomic E-state index is -3.42. The summed E-state index contributed by atoms with van der Waals surface area (Å²) in [4.78, 5) is 18.4. The number of H-pyrrole nitrogens is 1. The second-order valence-electron chi connectivity index (χ2n) is 5.44. The van der Waals surface area contributed by atoms with Crippen LogP contribution in [-0.2, 0) is 13.8 Å². The zero-order valence-corrected chi connectivity index (χ0v) is 13.5. The Morgan fingerprint density at radius 3 is 3.09 bits per heavy atom. The molecule has 0 aromatic carbocycles. The molecule has 1 aromatic heterocycles. The molecule has 2 saturated heterocycles. The predicted octanol–water partition coefficient (Wildman–Crippen LogP) is -0.750. The number of anilines is 3. The second kappa shape index (κ2) is 5.25. The first-order valence-corrected chi connectivity index (χ1v) is 8.88. The Balaban J connectivity index is 1.63. The quantitative estimate of drug-likeness (QED) is 0.248. The van der Waals surface area contributed by atoms with E-state index in [0.717, 1.165) is 0 Å². The topological polar surface area (TPSA) is 138 Å². The van der Waals surface area contributed by atoms with E-state index in [1.54, 1.807) is 4.90 Å². The van der Waals surface area contributed by atoms with Gasteiger partial charge in [-0.15, -0.1) is 0 Å². The third-order valence-electron chi connectivity index (χ3n) is 3.95. The number of aliphatic hydroxyl groups excluding tert-OH is 1. The highest BCUT2D eigenvalue weighted by atomic mass is 32.1. The van der Waals surface area contributed by atoms with Gasteiger partial charge in [-0.1, -0.05) is 0 Å². The minimum absolute atomic E-state index is 0.0392. The molecule has 10 nitrogen and oxygen atoms in total. The maximum Gasteiger partial charge on any atom is 0.488 e. The van der Waals surface area contributed by atoms with E-state index in [1.807, 2.05) is 0 Å². The fraction of sp³-hybridized carbons (Fsp3) is 0.600. The average molecular weight is 358 g/mol. The van der Waals surface area contributed by atoms with Crippen LogP contribution in [0.1, 0.15) is 0 Å². The van der Waals surface area contributed by atoms with Gasteiger partial charge in [0.15, 0.2) is 22.9 Å². The molecule has 5 atom stereocenters. The molecule has 122 valence electrons. The third-order valence-corrected chi connectivity index (χ3v) is 5.21. The van der Waals surface area contributed by atoms with Gasteiger partial charge in [-0.2, -0.15) is 9.05 Å². The van der Waals surface area contributed by atoms with Gasteiger partial charge in [-0.3, -0.25) is 0 Å². The van der Waals surface area contributed by atoms with Crippen LogP contribution in [0.3, 0.4) is 0 Å². The first kappa shape index (κ1) is 15.5. The molecule has 0 spiro atoms. The maximum atomic E-state index is 10.5. The summed E-state index contributed by atoms with van der Waals surface area (Å²) in [5, 5.41) is 13.6. The number of ether oxygens (including phenoxy) is 1. The number of hydrogen-bond donors (Lipinski definition) is 5. The van der Waals surface area contributed by atoms with Crippen molar-refractivity contribution in [2.45, 2.75) is 24.5 Å². The fourth-order valence-electron chi connectivity index (χ4n) is 2.94. The van der Waals surface area contributed by atoms with Gasteiger partial charge in [0.2, 0.25) is 0 Å². The Morgan fingerprint density at radius 1 is 1.52 bits per heavy atom. The summed E-state index contributed by atoms with van der Waals surface area (Å²) in [6, 6.07) is 0. The van der Waals surface area contributed by atoms with E-state index in [9.17, 15) is 10.00 Å². The van der Waals surface area contributed by atoms with Crippen molar-refractivity contribution in [2.75, 3.05) is 29.2 Å². The number of nitrogens with zero attached hydrogens (tertiary/aromatic N) is 2. The van der Waals surface area contributed by atoms with Gasteiger partial charge in [-0.05, 0) is 12.2 Å². The van der Waals surface area contributed by atoms with Crippen molar-refractivity contribution in [2.24, 2.45) is 0 Å². The first-order chi connectivity index (χ1) is 10.9. The van der Waals surface area contributed by atoms with Crippen LogP contribution in [0.4, 0.5) is 17.3 Å². The van der Waals surface area contributed by atoms with Crippen LogP contribution in [-0.4, -0.2) is 65.3 Å². The molecule has 0 amide bonds. The molecule has 3 aliphatic heterocycles. The summed E-state index contributed by atoms with van der Waals surface area (Å²) < 4.78 is 16.3. The molecule has 4 rings (SSSR count). The summed E-state index contributed by atoms with van der Waals surface area (Å²) in [5.74, 6) is 0.835. The highest BCUT2D eigenvalue weighted by molar-refractivity contribution is 7.85. The standard InChI is InChI=1S/C10H14BN5O5PS/c11-22(18)19-1-3-6(21-22)5(17)9(20-3)16-2-13-4-7(12)14-10(23)15-8(4)16/h3,5-6,9,13,17-18H,1-2H2,(H3,12,14,15,23)/q+1/t3?,5?,6-,9?,22?/m1/s1. The number of aromatic nitrogens is 2. The molecule has 0 bridgehead atoms. The number of hydrogen-bond acceptors (Lipinski definition) is 10. The molecule has 4 unspecified atom stereocenters. The third kappa shape index (κ3) is 2.50. The van der Waals surface area contributed by atoms with Gasteiger partial charge < -0.3 is 30.8 Å². The van der Waals surface area contributed by atoms with Gasteiger partial charge >= 0.3 is 15.4 Å². The van der Waals surface area contributed by atoms with E-state index in [2.05, 4.69) is 15.3 Å². The number of nitrogens with one attached hydrogen (secondary N) is 2. The second-order valence-corrected chi connectivity index (χ2v) is 7.43. The number of aliphatic hydroxyl groups is 1. The highest BCUT2D eigenvalue weighted by Gasteiger charge is 2.58. The van der Waals surface area contributed by atoms with Gasteiger partial charge in [0.1, 0.15) is 30.3 Å². The summed E-state index contributed by atoms with van der Waals surface area (Å²) in [6.45, 7) is 0.362. The molecule has 0 saturated carbocycles. The van der Waals surface area contributed by atoms with Crippen molar-refractivity contribution >= 4 is 44.9 Å². The van der Waals surface area contributed by atoms with Crippen molar-refractivity contribution in [1.29, 1.82) is 0 Å². The van der Waals surface area contributed by atoms with E-state index in [0.29, 0.717) is 24.0 Å². The van der Waals surface area contributed by atoms with Crippen LogP contribution >= 0.6 is 20.0 Å². The van der Waals surface area contributed by atoms with Crippen LogP contribution in [0.25, 0.3) is 0 Å². The van der Waals surface area contributed by atoms with Crippen molar-refractivity contribution in [1.82, 2.24) is 9.97 Å². The number of aromatic amines is 1. The van der Waals surface area contributed by atoms with Crippen molar-refractivity contribution < 1.29 is 23.8 Å². The predicted molar refractivity (Wildman–Crippen MR) is 85.2 cm³/mol. The molecule has 2 radical (unpaired) electrons. The molecule has 4 heterocycles. The van der Waals surface area contributed by atoms with Gasteiger partial charge in [-0.25, -0.2) is 9.88 Å². The molecular weight excluding hydrogens is 344 g/mol. The first-order valence-electron chi connectivity index (χ1n) is 6.83. The molecule has 23 heavy (non-hydrogen) atoms. The van der Waals surface area contributed by atoms with Gasteiger partial charge in [0, 0.05) is 0 Å². The number of nitrogen functional groups attached to an aromatic ring is 1. The van der Waals surface area contributed by atoms with Crippen LogP contribution in [0.15, 0.2) is 0 Å². The summed E-state index contributed by atoms with van der Waals surface area (Å²) >= 11 is 5.04. The normalized spacial score (nSPS) is 39.0. The molecule has 1 aromatic rings. The zero-order chi connectivity index (χ0) is 16.4. The average Bonchev–Trinajstić information content (AvgIpc) is 3.00. The molecule has 6 N–H and O–H groups in total. The highest BCUT2D eigenvalue weighted by Crippen LogP contribution is 2.58. The largest absolute Gasteiger partial charge is 0.488 e. The minimum Gasteiger partial charge on any atom is -0.385 e. The summed E-state index contributed by atoms with van der Waals surface area (Å²) in [5.41, 5.74) is 6.46. The Kier molecular flexibility index (Phi) is 3.54. The summed E-state index contributed by atoms with van der Waals surface area (Å²) in [6.07, 6.45) is -3.13. The number of fused-ring (bicyclic) bond motifs is 2. The Hall–Kier alpha value is -1.01. The number of nitrogens with two attached hydrogens (primary N) is 1. The molecule has 2 fully saturated rings. The van der Waals surface area contributed by atoms with Crippen molar-refractivity contribution in [3.63, 3.8) is 0 Å².